The molecule has 0 saturated carbocycles. The Bertz CT molecular complexity index is 529. The maximum Gasteiger partial charge on any atom is 0.243 e. The van der Waals surface area contributed by atoms with Gasteiger partial charge < -0.3 is 5.73 Å². The van der Waals surface area contributed by atoms with Gasteiger partial charge in [0.25, 0.3) is 0 Å². The Labute approximate surface area is 108 Å². The molecule has 4 nitrogen and oxygen atoms in total. The van der Waals surface area contributed by atoms with E-state index in [0.717, 1.165) is 6.07 Å². The van der Waals surface area contributed by atoms with E-state index in [2.05, 4.69) is 0 Å². The summed E-state index contributed by atoms with van der Waals surface area (Å²) in [6.45, 7) is 5.86. The van der Waals surface area contributed by atoms with Gasteiger partial charge in [0.2, 0.25) is 10.0 Å². The highest BCUT2D eigenvalue weighted by molar-refractivity contribution is 7.89. The van der Waals surface area contributed by atoms with Crippen LogP contribution in [0.1, 0.15) is 25.8 Å². The molecule has 2 N–H and O–H groups in total. The molecule has 0 spiro atoms. The topological polar surface area (TPSA) is 63.4 Å². The molecule has 0 bridgehead atoms. The van der Waals surface area contributed by atoms with Crippen molar-refractivity contribution >= 4 is 15.7 Å². The highest BCUT2D eigenvalue weighted by Crippen LogP contribution is 2.24. The van der Waals surface area contributed by atoms with Gasteiger partial charge in [-0.1, -0.05) is 13.8 Å². The first kappa shape index (κ1) is 14.9. The van der Waals surface area contributed by atoms with Crippen molar-refractivity contribution < 1.29 is 12.8 Å². The largest absolute Gasteiger partial charge is 0.399 e. The molecule has 1 rings (SSSR count). The molecule has 18 heavy (non-hydrogen) atoms. The van der Waals surface area contributed by atoms with Crippen LogP contribution in [0.15, 0.2) is 17.0 Å². The molecule has 6 heteroatoms. The van der Waals surface area contributed by atoms with E-state index in [9.17, 15) is 12.8 Å². The fraction of sp³-hybridized carbons (Fsp3) is 0.500. The van der Waals surface area contributed by atoms with Gasteiger partial charge in [0.05, 0.1) is 4.90 Å². The number of benzene rings is 1. The third-order valence-electron chi connectivity index (χ3n) is 2.76. The number of halogens is 1. The fourth-order valence-corrected chi connectivity index (χ4v) is 3.59. The van der Waals surface area contributed by atoms with E-state index in [1.54, 1.807) is 6.92 Å². The second kappa shape index (κ2) is 5.67. The lowest BCUT2D eigenvalue weighted by molar-refractivity contribution is 0.426. The zero-order valence-corrected chi connectivity index (χ0v) is 11.7. The van der Waals surface area contributed by atoms with E-state index in [-0.39, 0.29) is 16.1 Å². The molecule has 0 saturated heterocycles. The van der Waals surface area contributed by atoms with Crippen molar-refractivity contribution in [2.75, 3.05) is 18.8 Å². The van der Waals surface area contributed by atoms with Crippen molar-refractivity contribution in [1.82, 2.24) is 4.31 Å². The van der Waals surface area contributed by atoms with Crippen LogP contribution in [0.4, 0.5) is 10.1 Å². The van der Waals surface area contributed by atoms with Crippen molar-refractivity contribution in [3.05, 3.63) is 23.5 Å². The molecule has 0 fully saturated rings. The molecule has 0 unspecified atom stereocenters. The number of anilines is 1. The van der Waals surface area contributed by atoms with E-state index >= 15 is 0 Å². The van der Waals surface area contributed by atoms with Gasteiger partial charge >= 0.3 is 0 Å². The first-order chi connectivity index (χ1) is 8.34. The number of nitrogens with two attached hydrogens (primary N) is 1. The minimum atomic E-state index is -3.68. The Morgan fingerprint density at radius 2 is 1.94 bits per heavy atom. The van der Waals surface area contributed by atoms with Gasteiger partial charge in [-0.25, -0.2) is 12.8 Å². The van der Waals surface area contributed by atoms with E-state index in [4.69, 9.17) is 5.73 Å². The standard InChI is InChI=1S/C12H19FN2O2S/c1-4-6-15(5-2)18(16,17)12-8-10(14)7-11(13)9(12)3/h7-8H,4-6,14H2,1-3H3. The van der Waals surface area contributed by atoms with E-state index in [0.29, 0.717) is 19.5 Å². The summed E-state index contributed by atoms with van der Waals surface area (Å²) in [4.78, 5) is -0.0460. The minimum absolute atomic E-state index is 0.0460. The third-order valence-corrected chi connectivity index (χ3v) is 4.86. The van der Waals surface area contributed by atoms with Crippen LogP contribution >= 0.6 is 0 Å². The Morgan fingerprint density at radius 1 is 1.33 bits per heavy atom. The smallest absolute Gasteiger partial charge is 0.243 e. The van der Waals surface area contributed by atoms with E-state index in [1.807, 2.05) is 6.92 Å². The van der Waals surface area contributed by atoms with Gasteiger partial charge in [-0.05, 0) is 25.5 Å². The lowest BCUT2D eigenvalue weighted by Crippen LogP contribution is -2.32. The number of hydrogen-bond acceptors (Lipinski definition) is 3. The predicted octanol–water partition coefficient (Wildman–Crippen LogP) is 2.14. The van der Waals surface area contributed by atoms with Crippen LogP contribution in [0.2, 0.25) is 0 Å². The maximum absolute atomic E-state index is 13.6. The molecule has 0 aliphatic heterocycles. The number of nitrogen functional groups attached to an aromatic ring is 1. The van der Waals surface area contributed by atoms with Gasteiger partial charge in [0, 0.05) is 24.3 Å². The number of sulfonamides is 1. The molecular formula is C12H19FN2O2S. The number of nitrogens with zero attached hydrogens (tertiary/aromatic N) is 1. The van der Waals surface area contributed by atoms with Crippen molar-refractivity contribution in [1.29, 1.82) is 0 Å². The zero-order chi connectivity index (χ0) is 13.9. The van der Waals surface area contributed by atoms with Crippen molar-refractivity contribution in [3.8, 4) is 0 Å². The Hall–Kier alpha value is -1.14. The number of hydrogen-bond donors (Lipinski definition) is 1. The summed E-state index contributed by atoms with van der Waals surface area (Å²) in [5.41, 5.74) is 5.74. The summed E-state index contributed by atoms with van der Waals surface area (Å²) < 4.78 is 39.7. The average molecular weight is 274 g/mol. The highest BCUT2D eigenvalue weighted by atomic mass is 32.2. The maximum atomic E-state index is 13.6. The van der Waals surface area contributed by atoms with Crippen LogP contribution in [-0.4, -0.2) is 25.8 Å². The summed E-state index contributed by atoms with van der Waals surface area (Å²) >= 11 is 0. The molecule has 0 atom stereocenters. The quantitative estimate of drug-likeness (QED) is 0.837. The molecule has 0 aromatic heterocycles. The van der Waals surface area contributed by atoms with E-state index in [1.165, 1.54) is 17.3 Å². The van der Waals surface area contributed by atoms with Gasteiger partial charge in [-0.3, -0.25) is 0 Å². The van der Waals surface area contributed by atoms with Crippen LogP contribution in [0.25, 0.3) is 0 Å². The average Bonchev–Trinajstić information content (AvgIpc) is 2.30. The van der Waals surface area contributed by atoms with Crippen LogP contribution in [0.5, 0.6) is 0 Å². The number of rotatable bonds is 5. The fourth-order valence-electron chi connectivity index (χ4n) is 1.78. The van der Waals surface area contributed by atoms with E-state index < -0.39 is 15.8 Å². The van der Waals surface area contributed by atoms with Crippen LogP contribution in [0.3, 0.4) is 0 Å². The Balaban J connectivity index is 3.36. The molecular weight excluding hydrogens is 255 g/mol. The third kappa shape index (κ3) is 2.81. The summed E-state index contributed by atoms with van der Waals surface area (Å²) in [5.74, 6) is -0.596. The molecule has 1 aromatic rings. The minimum Gasteiger partial charge on any atom is -0.399 e. The van der Waals surface area contributed by atoms with Gasteiger partial charge in [0.1, 0.15) is 5.82 Å². The summed E-state index contributed by atoms with van der Waals surface area (Å²) in [6, 6.07) is 2.44. The first-order valence-corrected chi connectivity index (χ1v) is 7.34. The predicted molar refractivity (Wildman–Crippen MR) is 70.3 cm³/mol. The van der Waals surface area contributed by atoms with Crippen LogP contribution < -0.4 is 5.73 Å². The second-order valence-corrected chi connectivity index (χ2v) is 6.03. The SMILES string of the molecule is CCCN(CC)S(=O)(=O)c1cc(N)cc(F)c1C. The molecule has 0 aliphatic carbocycles. The summed E-state index contributed by atoms with van der Waals surface area (Å²) in [7, 11) is -3.68. The molecule has 0 amide bonds. The lowest BCUT2D eigenvalue weighted by atomic mass is 10.2. The van der Waals surface area contributed by atoms with Gasteiger partial charge in [-0.2, -0.15) is 4.31 Å². The van der Waals surface area contributed by atoms with Crippen molar-refractivity contribution in [2.45, 2.75) is 32.1 Å². The second-order valence-electron chi connectivity index (χ2n) is 4.12. The van der Waals surface area contributed by atoms with Crippen LogP contribution in [-0.2, 0) is 10.0 Å². The first-order valence-electron chi connectivity index (χ1n) is 5.90. The molecule has 1 aromatic carbocycles. The van der Waals surface area contributed by atoms with Gasteiger partial charge in [0.15, 0.2) is 0 Å². The van der Waals surface area contributed by atoms with Crippen molar-refractivity contribution in [3.63, 3.8) is 0 Å². The molecule has 102 valence electrons. The monoisotopic (exact) mass is 274 g/mol. The summed E-state index contributed by atoms with van der Waals surface area (Å²) in [6.07, 6.45) is 0.705. The van der Waals surface area contributed by atoms with Crippen molar-refractivity contribution in [2.24, 2.45) is 0 Å². The Kier molecular flexibility index (Phi) is 4.70. The molecule has 0 heterocycles. The molecule has 0 radical (unpaired) electrons. The van der Waals surface area contributed by atoms with Gasteiger partial charge in [-0.15, -0.1) is 0 Å². The Morgan fingerprint density at radius 3 is 2.44 bits per heavy atom. The van der Waals surface area contributed by atoms with Crippen LogP contribution in [0, 0.1) is 12.7 Å². The normalized spacial score (nSPS) is 12.1. The zero-order valence-electron chi connectivity index (χ0n) is 10.9. The highest BCUT2D eigenvalue weighted by Gasteiger charge is 2.25. The lowest BCUT2D eigenvalue weighted by Gasteiger charge is -2.21. The summed E-state index contributed by atoms with van der Waals surface area (Å²) in [5, 5.41) is 0. The molecule has 0 aliphatic rings.